The van der Waals surface area contributed by atoms with Crippen LogP contribution in [0.1, 0.15) is 44.4 Å². The molecule has 200 valence electrons. The Balaban J connectivity index is 2.16. The van der Waals surface area contributed by atoms with Gasteiger partial charge in [-0.2, -0.15) is 0 Å². The van der Waals surface area contributed by atoms with Gasteiger partial charge < -0.3 is 33.7 Å². The highest BCUT2D eigenvalue weighted by Gasteiger charge is 2.46. The van der Waals surface area contributed by atoms with E-state index >= 15 is 0 Å². The highest BCUT2D eigenvalue weighted by Crippen LogP contribution is 2.43. The minimum atomic E-state index is -0.851. The van der Waals surface area contributed by atoms with Crippen LogP contribution in [0.25, 0.3) is 5.76 Å². The fraction of sp³-hybridized carbons (Fsp3) is 0.429. The summed E-state index contributed by atoms with van der Waals surface area (Å²) in [7, 11) is 4.50. The molecule has 2 aromatic carbocycles. The number of ether oxygens (including phenoxy) is 5. The van der Waals surface area contributed by atoms with Gasteiger partial charge >= 0.3 is 0 Å². The molecule has 0 bridgehead atoms. The van der Waals surface area contributed by atoms with Crippen LogP contribution in [0.15, 0.2) is 42.0 Å². The lowest BCUT2D eigenvalue weighted by atomic mass is 9.94. The van der Waals surface area contributed by atoms with E-state index in [2.05, 4.69) is 0 Å². The summed E-state index contributed by atoms with van der Waals surface area (Å²) < 4.78 is 27.5. The molecule has 1 N–H and O–H groups in total. The van der Waals surface area contributed by atoms with E-state index in [4.69, 9.17) is 23.7 Å². The van der Waals surface area contributed by atoms with E-state index in [-0.39, 0.29) is 29.5 Å². The third kappa shape index (κ3) is 5.99. The predicted octanol–water partition coefficient (Wildman–Crippen LogP) is 4.35. The molecule has 1 amide bonds. The van der Waals surface area contributed by atoms with E-state index in [1.165, 1.54) is 26.2 Å². The molecular formula is C28H35NO8. The number of rotatable bonds is 12. The van der Waals surface area contributed by atoms with Crippen LogP contribution in [0.2, 0.25) is 0 Å². The molecule has 1 aliphatic rings. The highest BCUT2D eigenvalue weighted by molar-refractivity contribution is 6.46. The Labute approximate surface area is 217 Å². The van der Waals surface area contributed by atoms with Crippen LogP contribution in [-0.2, 0) is 14.3 Å². The fourth-order valence-corrected chi connectivity index (χ4v) is 4.28. The maximum Gasteiger partial charge on any atom is 0.295 e. The number of hydrogen-bond donors (Lipinski definition) is 1. The fourth-order valence-electron chi connectivity index (χ4n) is 4.28. The molecule has 2 aromatic rings. The van der Waals surface area contributed by atoms with Gasteiger partial charge in [0.2, 0.25) is 0 Å². The summed E-state index contributed by atoms with van der Waals surface area (Å²) in [4.78, 5) is 28.0. The second kappa shape index (κ2) is 12.5. The van der Waals surface area contributed by atoms with Gasteiger partial charge in [0.1, 0.15) is 17.3 Å². The van der Waals surface area contributed by atoms with E-state index < -0.39 is 17.7 Å². The molecule has 9 heteroatoms. The first-order valence-corrected chi connectivity index (χ1v) is 12.2. The number of hydrogen-bond acceptors (Lipinski definition) is 8. The van der Waals surface area contributed by atoms with Gasteiger partial charge in [-0.05, 0) is 57.0 Å². The summed E-state index contributed by atoms with van der Waals surface area (Å²) in [5.41, 5.74) is 0.834. The van der Waals surface area contributed by atoms with Crippen LogP contribution in [-0.4, -0.2) is 68.9 Å². The van der Waals surface area contributed by atoms with Gasteiger partial charge in [0.15, 0.2) is 11.5 Å². The van der Waals surface area contributed by atoms with Crippen molar-refractivity contribution in [1.82, 2.24) is 4.90 Å². The number of carbonyl (C=O) groups excluding carboxylic acids is 2. The van der Waals surface area contributed by atoms with E-state index in [1.54, 1.807) is 36.4 Å². The summed E-state index contributed by atoms with van der Waals surface area (Å²) >= 11 is 0. The van der Waals surface area contributed by atoms with Crippen LogP contribution in [0.3, 0.4) is 0 Å². The van der Waals surface area contributed by atoms with Crippen molar-refractivity contribution in [3.8, 4) is 23.0 Å². The zero-order valence-electron chi connectivity index (χ0n) is 22.2. The number of aliphatic hydroxyl groups excluding tert-OH is 1. The van der Waals surface area contributed by atoms with Crippen LogP contribution in [0.5, 0.6) is 23.0 Å². The largest absolute Gasteiger partial charge is 0.507 e. The molecule has 1 fully saturated rings. The number of nitrogens with zero attached hydrogens (tertiary/aromatic N) is 1. The molecule has 0 radical (unpaired) electrons. The summed E-state index contributed by atoms with van der Waals surface area (Å²) in [6, 6.07) is 9.19. The van der Waals surface area contributed by atoms with Gasteiger partial charge in [0.25, 0.3) is 11.7 Å². The molecular weight excluding hydrogens is 478 g/mol. The van der Waals surface area contributed by atoms with Gasteiger partial charge in [0, 0.05) is 19.2 Å². The Bertz CT molecular complexity index is 1160. The Hall–Kier alpha value is -3.72. The summed E-state index contributed by atoms with van der Waals surface area (Å²) in [5, 5.41) is 11.4. The minimum absolute atomic E-state index is 0.0362. The molecule has 0 saturated carbocycles. The predicted molar refractivity (Wildman–Crippen MR) is 138 cm³/mol. The number of Topliss-reactive ketones (excluding diaryl/α,β-unsaturated/α-hetero) is 1. The molecule has 0 aliphatic carbocycles. The lowest BCUT2D eigenvalue weighted by Gasteiger charge is -2.26. The number of likely N-dealkylation sites (tertiary alicyclic amines) is 1. The van der Waals surface area contributed by atoms with E-state index in [0.717, 1.165) is 0 Å². The first-order chi connectivity index (χ1) is 17.8. The average Bonchev–Trinajstić information content (AvgIpc) is 3.15. The van der Waals surface area contributed by atoms with E-state index in [9.17, 15) is 14.7 Å². The maximum atomic E-state index is 13.3. The molecule has 1 saturated heterocycles. The van der Waals surface area contributed by atoms with Gasteiger partial charge in [-0.25, -0.2) is 0 Å². The summed E-state index contributed by atoms with van der Waals surface area (Å²) in [6.07, 6.45) is 0.561. The number of ketones is 1. The lowest BCUT2D eigenvalue weighted by Crippen LogP contribution is -2.31. The Morgan fingerprint density at radius 1 is 0.973 bits per heavy atom. The molecule has 0 aromatic heterocycles. The van der Waals surface area contributed by atoms with Gasteiger partial charge in [-0.1, -0.05) is 6.07 Å². The third-order valence-electron chi connectivity index (χ3n) is 6.00. The van der Waals surface area contributed by atoms with Crippen molar-refractivity contribution >= 4 is 17.4 Å². The molecule has 3 rings (SSSR count). The monoisotopic (exact) mass is 513 g/mol. The van der Waals surface area contributed by atoms with Crippen LogP contribution < -0.4 is 18.9 Å². The Kier molecular flexibility index (Phi) is 9.41. The molecule has 0 spiro atoms. The van der Waals surface area contributed by atoms with Crippen molar-refractivity contribution in [3.63, 3.8) is 0 Å². The number of methoxy groups -OCH3 is 3. The number of carbonyl (C=O) groups is 2. The Morgan fingerprint density at radius 2 is 1.70 bits per heavy atom. The van der Waals surface area contributed by atoms with Crippen LogP contribution in [0, 0.1) is 0 Å². The van der Waals surface area contributed by atoms with Gasteiger partial charge in [-0.3, -0.25) is 9.59 Å². The van der Waals surface area contributed by atoms with E-state index in [1.807, 2.05) is 20.8 Å². The third-order valence-corrected chi connectivity index (χ3v) is 6.00. The van der Waals surface area contributed by atoms with Crippen molar-refractivity contribution in [2.45, 2.75) is 39.3 Å². The first-order valence-electron chi connectivity index (χ1n) is 12.2. The maximum absolute atomic E-state index is 13.3. The number of aliphatic hydroxyl groups is 1. The van der Waals surface area contributed by atoms with Crippen LogP contribution in [0.4, 0.5) is 0 Å². The van der Waals surface area contributed by atoms with Crippen molar-refractivity contribution in [3.05, 3.63) is 53.1 Å². The number of amides is 1. The minimum Gasteiger partial charge on any atom is -0.507 e. The quantitative estimate of drug-likeness (QED) is 0.193. The highest BCUT2D eigenvalue weighted by atomic mass is 16.5. The second-order valence-electron chi connectivity index (χ2n) is 8.68. The molecule has 37 heavy (non-hydrogen) atoms. The first kappa shape index (κ1) is 27.9. The van der Waals surface area contributed by atoms with Crippen molar-refractivity contribution in [2.75, 3.05) is 41.1 Å². The topological polar surface area (TPSA) is 104 Å². The van der Waals surface area contributed by atoms with Crippen LogP contribution >= 0.6 is 0 Å². The normalized spacial score (nSPS) is 16.8. The molecule has 1 atom stereocenters. The standard InChI is InChI=1S/C28H35NO8/c1-7-36-23-15-18(9-12-21(23)34-5)25-24(26(30)20-11-10-19(33-4)16-22(20)35-6)27(31)28(32)29(25)13-8-14-37-17(2)3/h9-12,15-17,25,30H,7-8,13-14H2,1-6H3/b26-24+. The smallest absolute Gasteiger partial charge is 0.295 e. The van der Waals surface area contributed by atoms with Crippen molar-refractivity contribution < 1.29 is 38.4 Å². The lowest BCUT2D eigenvalue weighted by molar-refractivity contribution is -0.140. The van der Waals surface area contributed by atoms with Gasteiger partial charge in [-0.15, -0.1) is 0 Å². The summed E-state index contributed by atoms with van der Waals surface area (Å²) in [5.74, 6) is 0.000686. The Morgan fingerprint density at radius 3 is 2.32 bits per heavy atom. The molecule has 1 heterocycles. The molecule has 1 unspecified atom stereocenters. The molecule has 1 aliphatic heterocycles. The average molecular weight is 514 g/mol. The SMILES string of the molecule is CCOc1cc(C2/C(=C(\O)c3ccc(OC)cc3OC)C(=O)C(=O)N2CCCOC(C)C)ccc1OC. The van der Waals surface area contributed by atoms with Crippen molar-refractivity contribution in [1.29, 1.82) is 0 Å². The van der Waals surface area contributed by atoms with E-state index in [0.29, 0.717) is 48.2 Å². The summed E-state index contributed by atoms with van der Waals surface area (Å²) in [6.45, 7) is 6.79. The van der Waals surface area contributed by atoms with Gasteiger partial charge in [0.05, 0.1) is 51.2 Å². The number of benzene rings is 2. The second-order valence-corrected chi connectivity index (χ2v) is 8.68. The zero-order chi connectivity index (χ0) is 27.1. The molecule has 9 nitrogen and oxygen atoms in total. The van der Waals surface area contributed by atoms with Crippen molar-refractivity contribution in [2.24, 2.45) is 0 Å². The zero-order valence-corrected chi connectivity index (χ0v) is 22.2.